The SMILES string of the molecule is CCCCOC(=O)C[C@@H]1C(=O)NCCN1C(=O)[C@@H](C)Oc1ccccc1[N+](=O)[O-]. The Kier molecular flexibility index (Phi) is 7.93. The van der Waals surface area contributed by atoms with Crippen LogP contribution >= 0.6 is 0 Å². The van der Waals surface area contributed by atoms with Crippen molar-refractivity contribution in [1.29, 1.82) is 0 Å². The molecule has 2 atom stereocenters. The van der Waals surface area contributed by atoms with Crippen molar-refractivity contribution < 1.29 is 28.8 Å². The normalized spacial score (nSPS) is 17.2. The molecule has 1 aromatic carbocycles. The van der Waals surface area contributed by atoms with Gasteiger partial charge in [0.25, 0.3) is 5.91 Å². The molecule has 1 aliphatic rings. The molecule has 1 saturated heterocycles. The number of ether oxygens (including phenoxy) is 2. The molecule has 0 bridgehead atoms. The van der Waals surface area contributed by atoms with Gasteiger partial charge in [-0.05, 0) is 19.4 Å². The van der Waals surface area contributed by atoms with E-state index in [-0.39, 0.29) is 37.6 Å². The van der Waals surface area contributed by atoms with Crippen molar-refractivity contribution in [3.63, 3.8) is 0 Å². The molecule has 0 aliphatic carbocycles. The van der Waals surface area contributed by atoms with Gasteiger partial charge in [0, 0.05) is 19.2 Å². The zero-order chi connectivity index (χ0) is 21.4. The molecule has 2 amide bonds. The fourth-order valence-corrected chi connectivity index (χ4v) is 2.91. The van der Waals surface area contributed by atoms with Crippen molar-refractivity contribution in [3.05, 3.63) is 34.4 Å². The number of carbonyl (C=O) groups excluding carboxylic acids is 3. The molecule has 1 aromatic rings. The number of para-hydroxylation sites is 2. The smallest absolute Gasteiger partial charge is 0.310 e. The van der Waals surface area contributed by atoms with Crippen molar-refractivity contribution in [2.24, 2.45) is 0 Å². The maximum absolute atomic E-state index is 12.9. The van der Waals surface area contributed by atoms with Gasteiger partial charge in [-0.3, -0.25) is 24.5 Å². The molecule has 1 N–H and O–H groups in total. The van der Waals surface area contributed by atoms with Gasteiger partial charge in [-0.1, -0.05) is 25.5 Å². The average molecular weight is 407 g/mol. The number of benzene rings is 1. The monoisotopic (exact) mass is 407 g/mol. The number of nitro benzene ring substituents is 1. The van der Waals surface area contributed by atoms with Crippen LogP contribution in [0.15, 0.2) is 24.3 Å². The third kappa shape index (κ3) is 5.90. The van der Waals surface area contributed by atoms with Gasteiger partial charge in [-0.25, -0.2) is 0 Å². The molecule has 0 unspecified atom stereocenters. The predicted molar refractivity (Wildman–Crippen MR) is 102 cm³/mol. The standard InChI is InChI=1S/C19H25N3O7/c1-3-4-11-28-17(23)12-15-18(24)20-9-10-21(15)19(25)13(2)29-16-8-6-5-7-14(16)22(26)27/h5-8,13,15H,3-4,9-12H2,1-2H3,(H,20,24)/t13-,15-/m1/s1. The van der Waals surface area contributed by atoms with Crippen molar-refractivity contribution in [2.75, 3.05) is 19.7 Å². The topological polar surface area (TPSA) is 128 Å². The Morgan fingerprint density at radius 3 is 2.79 bits per heavy atom. The first-order valence-corrected chi connectivity index (χ1v) is 9.49. The first-order valence-electron chi connectivity index (χ1n) is 9.49. The molecule has 0 radical (unpaired) electrons. The Bertz CT molecular complexity index is 768. The van der Waals surface area contributed by atoms with E-state index in [1.54, 1.807) is 6.07 Å². The first-order chi connectivity index (χ1) is 13.8. The zero-order valence-corrected chi connectivity index (χ0v) is 16.5. The quantitative estimate of drug-likeness (QED) is 0.284. The maximum Gasteiger partial charge on any atom is 0.310 e. The molecule has 1 aliphatic heterocycles. The summed E-state index contributed by atoms with van der Waals surface area (Å²) in [7, 11) is 0. The molecule has 0 saturated carbocycles. The molecule has 10 heteroatoms. The first kappa shape index (κ1) is 22.1. The summed E-state index contributed by atoms with van der Waals surface area (Å²) < 4.78 is 10.6. The van der Waals surface area contributed by atoms with Crippen molar-refractivity contribution in [3.8, 4) is 5.75 Å². The molecule has 29 heavy (non-hydrogen) atoms. The van der Waals surface area contributed by atoms with Crippen molar-refractivity contribution in [1.82, 2.24) is 10.2 Å². The Balaban J connectivity index is 2.08. The minimum Gasteiger partial charge on any atom is -0.474 e. The number of hydrogen-bond donors (Lipinski definition) is 1. The number of unbranched alkanes of at least 4 members (excludes halogenated alkanes) is 1. The molecular formula is C19H25N3O7. The largest absolute Gasteiger partial charge is 0.474 e. The third-order valence-corrected chi connectivity index (χ3v) is 4.45. The number of carbonyl (C=O) groups is 3. The van der Waals surface area contributed by atoms with Crippen LogP contribution in [-0.4, -0.2) is 59.4 Å². The van der Waals surface area contributed by atoms with Crippen molar-refractivity contribution >= 4 is 23.5 Å². The lowest BCUT2D eigenvalue weighted by molar-refractivity contribution is -0.386. The second-order valence-corrected chi connectivity index (χ2v) is 6.60. The predicted octanol–water partition coefficient (Wildman–Crippen LogP) is 1.42. The summed E-state index contributed by atoms with van der Waals surface area (Å²) in [4.78, 5) is 49.0. The summed E-state index contributed by atoms with van der Waals surface area (Å²) in [6.07, 6.45) is 0.230. The highest BCUT2D eigenvalue weighted by molar-refractivity contribution is 5.93. The Hall–Kier alpha value is -3.17. The van der Waals surface area contributed by atoms with Crippen molar-refractivity contribution in [2.45, 2.75) is 45.3 Å². The van der Waals surface area contributed by atoms with Crippen LogP contribution in [-0.2, 0) is 19.1 Å². The lowest BCUT2D eigenvalue weighted by Gasteiger charge is -2.35. The van der Waals surface area contributed by atoms with E-state index < -0.39 is 34.9 Å². The van der Waals surface area contributed by atoms with E-state index in [1.165, 1.54) is 30.0 Å². The van der Waals surface area contributed by atoms with E-state index in [9.17, 15) is 24.5 Å². The van der Waals surface area contributed by atoms with Gasteiger partial charge >= 0.3 is 11.7 Å². The average Bonchev–Trinajstić information content (AvgIpc) is 2.69. The van der Waals surface area contributed by atoms with Crippen LogP contribution in [0.5, 0.6) is 5.75 Å². The van der Waals surface area contributed by atoms with E-state index in [0.29, 0.717) is 6.42 Å². The van der Waals surface area contributed by atoms with E-state index >= 15 is 0 Å². The lowest BCUT2D eigenvalue weighted by atomic mass is 10.1. The summed E-state index contributed by atoms with van der Waals surface area (Å²) in [5.41, 5.74) is -0.264. The Morgan fingerprint density at radius 2 is 2.10 bits per heavy atom. The second-order valence-electron chi connectivity index (χ2n) is 6.60. The Morgan fingerprint density at radius 1 is 1.38 bits per heavy atom. The minimum atomic E-state index is -1.08. The number of amides is 2. The molecule has 1 fully saturated rings. The number of nitrogens with one attached hydrogen (secondary N) is 1. The molecule has 10 nitrogen and oxygen atoms in total. The highest BCUT2D eigenvalue weighted by atomic mass is 16.6. The van der Waals surface area contributed by atoms with Gasteiger partial charge in [-0.15, -0.1) is 0 Å². The van der Waals surface area contributed by atoms with Crippen LogP contribution in [0, 0.1) is 10.1 Å². The van der Waals surface area contributed by atoms with Gasteiger partial charge < -0.3 is 19.7 Å². The fourth-order valence-electron chi connectivity index (χ4n) is 2.91. The summed E-state index contributed by atoms with van der Waals surface area (Å²) >= 11 is 0. The molecular weight excluding hydrogens is 382 g/mol. The third-order valence-electron chi connectivity index (χ3n) is 4.45. The highest BCUT2D eigenvalue weighted by Gasteiger charge is 2.37. The number of piperazine rings is 1. The summed E-state index contributed by atoms with van der Waals surface area (Å²) in [5.74, 6) is -1.60. The van der Waals surface area contributed by atoms with Crippen LogP contribution in [0.1, 0.15) is 33.1 Å². The summed E-state index contributed by atoms with van der Waals surface area (Å²) in [6, 6.07) is 4.71. The number of esters is 1. The molecule has 158 valence electrons. The van der Waals surface area contributed by atoms with Gasteiger partial charge in [-0.2, -0.15) is 0 Å². The molecule has 1 heterocycles. The summed E-state index contributed by atoms with van der Waals surface area (Å²) in [6.45, 7) is 4.10. The maximum atomic E-state index is 12.9. The van der Waals surface area contributed by atoms with Crippen LogP contribution in [0.2, 0.25) is 0 Å². The molecule has 0 aromatic heterocycles. The minimum absolute atomic E-state index is 0.0460. The number of rotatable bonds is 9. The van der Waals surface area contributed by atoms with Gasteiger partial charge in [0.2, 0.25) is 5.91 Å². The second kappa shape index (κ2) is 10.4. The molecule has 0 spiro atoms. The molecule has 2 rings (SSSR count). The van der Waals surface area contributed by atoms with Crippen LogP contribution in [0.25, 0.3) is 0 Å². The van der Waals surface area contributed by atoms with Gasteiger partial charge in [0.1, 0.15) is 6.04 Å². The Labute approximate surface area is 168 Å². The number of nitro groups is 1. The van der Waals surface area contributed by atoms with Crippen LogP contribution < -0.4 is 10.1 Å². The van der Waals surface area contributed by atoms with E-state index in [4.69, 9.17) is 9.47 Å². The van der Waals surface area contributed by atoms with Gasteiger partial charge in [0.15, 0.2) is 11.9 Å². The lowest BCUT2D eigenvalue weighted by Crippen LogP contribution is -2.60. The summed E-state index contributed by atoms with van der Waals surface area (Å²) in [5, 5.41) is 13.8. The van der Waals surface area contributed by atoms with Crippen LogP contribution in [0.3, 0.4) is 0 Å². The van der Waals surface area contributed by atoms with E-state index in [0.717, 1.165) is 6.42 Å². The van der Waals surface area contributed by atoms with Gasteiger partial charge in [0.05, 0.1) is 18.0 Å². The highest BCUT2D eigenvalue weighted by Crippen LogP contribution is 2.27. The van der Waals surface area contributed by atoms with E-state index in [1.807, 2.05) is 6.92 Å². The zero-order valence-electron chi connectivity index (χ0n) is 16.5. The fraction of sp³-hybridized carbons (Fsp3) is 0.526. The number of hydrogen-bond acceptors (Lipinski definition) is 7. The number of nitrogens with zero attached hydrogens (tertiary/aromatic N) is 2. The van der Waals surface area contributed by atoms with Crippen LogP contribution in [0.4, 0.5) is 5.69 Å². The van der Waals surface area contributed by atoms with E-state index in [2.05, 4.69) is 5.32 Å².